The Morgan fingerprint density at radius 2 is 1.78 bits per heavy atom. The van der Waals surface area contributed by atoms with Gasteiger partial charge in [0.25, 0.3) is 0 Å². The summed E-state index contributed by atoms with van der Waals surface area (Å²) in [6.07, 6.45) is 11.8. The molecule has 1 aliphatic heterocycles. The Balaban J connectivity index is 1.85. The molecule has 0 radical (unpaired) electrons. The summed E-state index contributed by atoms with van der Waals surface area (Å²) in [5.74, 6) is 3.19. The van der Waals surface area contributed by atoms with E-state index in [1.165, 1.54) is 51.4 Å². The van der Waals surface area contributed by atoms with Crippen LogP contribution >= 0.6 is 0 Å². The van der Waals surface area contributed by atoms with Crippen molar-refractivity contribution >= 4 is 11.9 Å². The standard InChI is InChI=1S/C22H36N4O/c1-15(2)14-19(27)25-18-11-7-6-10-17(18)22(12-8-5-9-13-22)26-21(25)23-20(24-26)16(3)4/h15-18H,5-14H2,1-4H3/t17-,18+/m1/s1. The van der Waals surface area contributed by atoms with E-state index in [4.69, 9.17) is 10.1 Å². The predicted octanol–water partition coefficient (Wildman–Crippen LogP) is 5.01. The van der Waals surface area contributed by atoms with Gasteiger partial charge in [0.05, 0.1) is 5.54 Å². The third-order valence-electron chi connectivity index (χ3n) is 7.08. The van der Waals surface area contributed by atoms with Crippen molar-refractivity contribution in [1.82, 2.24) is 14.8 Å². The highest BCUT2D eigenvalue weighted by atomic mass is 16.2. The number of carbonyl (C=O) groups is 1. The molecule has 2 fully saturated rings. The summed E-state index contributed by atoms with van der Waals surface area (Å²) < 4.78 is 2.24. The first-order chi connectivity index (χ1) is 12.9. The summed E-state index contributed by atoms with van der Waals surface area (Å²) in [4.78, 5) is 20.4. The van der Waals surface area contributed by atoms with Crippen molar-refractivity contribution in [3.8, 4) is 0 Å². The van der Waals surface area contributed by atoms with Gasteiger partial charge in [0.1, 0.15) is 0 Å². The average molecular weight is 373 g/mol. The molecule has 2 atom stereocenters. The topological polar surface area (TPSA) is 51.0 Å². The molecule has 1 aromatic heterocycles. The zero-order valence-electron chi connectivity index (χ0n) is 17.6. The lowest BCUT2D eigenvalue weighted by atomic mass is 9.64. The van der Waals surface area contributed by atoms with Crippen LogP contribution < -0.4 is 4.90 Å². The Morgan fingerprint density at radius 3 is 2.44 bits per heavy atom. The Labute approximate surface area is 163 Å². The van der Waals surface area contributed by atoms with E-state index in [1.807, 2.05) is 0 Å². The summed E-state index contributed by atoms with van der Waals surface area (Å²) in [6, 6.07) is 0.319. The van der Waals surface area contributed by atoms with Crippen LogP contribution in [0.25, 0.3) is 0 Å². The number of nitrogens with zero attached hydrogens (tertiary/aromatic N) is 4. The van der Waals surface area contributed by atoms with E-state index in [2.05, 4.69) is 37.3 Å². The SMILES string of the molecule is CC(C)CC(=O)N1c2nc(C(C)C)nn2C2(CCCCC2)[C@@H]2CCCC[C@@H]21. The molecular formula is C22H36N4O. The normalized spacial score (nSPS) is 27.1. The van der Waals surface area contributed by atoms with E-state index >= 15 is 0 Å². The van der Waals surface area contributed by atoms with Crippen molar-refractivity contribution in [3.05, 3.63) is 5.82 Å². The molecule has 0 aromatic carbocycles. The smallest absolute Gasteiger partial charge is 0.231 e. The Kier molecular flexibility index (Phi) is 5.06. The van der Waals surface area contributed by atoms with E-state index in [0.29, 0.717) is 24.3 Å². The number of carbonyl (C=O) groups excluding carboxylic acids is 1. The zero-order chi connectivity index (χ0) is 19.2. The van der Waals surface area contributed by atoms with Gasteiger partial charge in [-0.25, -0.2) is 4.68 Å². The zero-order valence-corrected chi connectivity index (χ0v) is 17.6. The van der Waals surface area contributed by atoms with Gasteiger partial charge in [0, 0.05) is 24.3 Å². The largest absolute Gasteiger partial charge is 0.277 e. The molecule has 2 heterocycles. The summed E-state index contributed by atoms with van der Waals surface area (Å²) in [6.45, 7) is 8.57. The molecule has 2 saturated carbocycles. The fourth-order valence-corrected chi connectivity index (χ4v) is 5.86. The molecule has 0 saturated heterocycles. The first-order valence-electron chi connectivity index (χ1n) is 11.2. The van der Waals surface area contributed by atoms with Crippen LogP contribution in [0.15, 0.2) is 0 Å². The molecule has 1 amide bonds. The maximum absolute atomic E-state index is 13.3. The summed E-state index contributed by atoms with van der Waals surface area (Å²) in [5.41, 5.74) is 0.0907. The van der Waals surface area contributed by atoms with Crippen LogP contribution in [0.3, 0.4) is 0 Å². The molecule has 150 valence electrons. The van der Waals surface area contributed by atoms with Crippen LogP contribution in [0, 0.1) is 11.8 Å². The Morgan fingerprint density at radius 1 is 1.07 bits per heavy atom. The summed E-state index contributed by atoms with van der Waals surface area (Å²) in [7, 11) is 0. The first kappa shape index (κ1) is 18.9. The minimum Gasteiger partial charge on any atom is -0.277 e. The van der Waals surface area contributed by atoms with E-state index in [9.17, 15) is 4.79 Å². The highest BCUT2D eigenvalue weighted by Gasteiger charge is 2.55. The quantitative estimate of drug-likeness (QED) is 0.749. The molecule has 0 unspecified atom stereocenters. The third kappa shape index (κ3) is 3.11. The molecule has 0 N–H and O–H groups in total. The second-order valence-corrected chi connectivity index (χ2v) is 9.82. The van der Waals surface area contributed by atoms with Crippen molar-refractivity contribution in [2.75, 3.05) is 4.90 Å². The van der Waals surface area contributed by atoms with E-state index in [0.717, 1.165) is 18.2 Å². The van der Waals surface area contributed by atoms with E-state index < -0.39 is 0 Å². The Bertz CT molecular complexity index is 686. The number of anilines is 1. The van der Waals surface area contributed by atoms with Gasteiger partial charge in [-0.2, -0.15) is 10.1 Å². The number of aromatic nitrogens is 3. The van der Waals surface area contributed by atoms with Gasteiger partial charge < -0.3 is 0 Å². The molecule has 1 spiro atoms. The molecule has 4 rings (SSSR count). The molecule has 0 bridgehead atoms. The van der Waals surface area contributed by atoms with Gasteiger partial charge in [0.15, 0.2) is 5.82 Å². The molecule has 5 nitrogen and oxygen atoms in total. The monoisotopic (exact) mass is 372 g/mol. The maximum Gasteiger partial charge on any atom is 0.231 e. The lowest BCUT2D eigenvalue weighted by Gasteiger charge is -2.55. The van der Waals surface area contributed by atoms with Gasteiger partial charge in [-0.15, -0.1) is 0 Å². The van der Waals surface area contributed by atoms with Crippen molar-refractivity contribution in [2.24, 2.45) is 11.8 Å². The number of rotatable bonds is 3. The van der Waals surface area contributed by atoms with Gasteiger partial charge in [-0.3, -0.25) is 9.69 Å². The number of hydrogen-bond acceptors (Lipinski definition) is 3. The molecule has 2 aliphatic carbocycles. The molecule has 27 heavy (non-hydrogen) atoms. The molecular weight excluding hydrogens is 336 g/mol. The van der Waals surface area contributed by atoms with Crippen LogP contribution in [0.2, 0.25) is 0 Å². The Hall–Kier alpha value is -1.39. The third-order valence-corrected chi connectivity index (χ3v) is 7.08. The van der Waals surface area contributed by atoms with Crippen LogP contribution in [-0.4, -0.2) is 26.7 Å². The van der Waals surface area contributed by atoms with Crippen molar-refractivity contribution in [2.45, 2.75) is 109 Å². The van der Waals surface area contributed by atoms with Crippen LogP contribution in [-0.2, 0) is 10.3 Å². The van der Waals surface area contributed by atoms with Gasteiger partial charge in [-0.05, 0) is 31.6 Å². The molecule has 5 heteroatoms. The fourth-order valence-electron chi connectivity index (χ4n) is 5.86. The molecule has 3 aliphatic rings. The lowest BCUT2D eigenvalue weighted by molar-refractivity contribution is -0.121. The minimum atomic E-state index is 0.0907. The first-order valence-corrected chi connectivity index (χ1v) is 11.2. The number of hydrogen-bond donors (Lipinski definition) is 0. The minimum absolute atomic E-state index is 0.0907. The average Bonchev–Trinajstić information content (AvgIpc) is 3.08. The summed E-state index contributed by atoms with van der Waals surface area (Å²) in [5, 5.41) is 5.04. The lowest BCUT2D eigenvalue weighted by Crippen LogP contribution is -2.61. The molecule has 1 aromatic rings. The van der Waals surface area contributed by atoms with Crippen LogP contribution in [0.4, 0.5) is 5.95 Å². The highest BCUT2D eigenvalue weighted by molar-refractivity contribution is 5.93. The van der Waals surface area contributed by atoms with E-state index in [-0.39, 0.29) is 17.4 Å². The number of amides is 1. The predicted molar refractivity (Wildman–Crippen MR) is 108 cm³/mol. The van der Waals surface area contributed by atoms with Gasteiger partial charge >= 0.3 is 0 Å². The van der Waals surface area contributed by atoms with Gasteiger partial charge in [0.2, 0.25) is 11.9 Å². The van der Waals surface area contributed by atoms with Crippen LogP contribution in [0.5, 0.6) is 0 Å². The van der Waals surface area contributed by atoms with E-state index in [1.54, 1.807) is 0 Å². The fraction of sp³-hybridized carbons (Fsp3) is 0.864. The maximum atomic E-state index is 13.3. The van der Waals surface area contributed by atoms with Gasteiger partial charge in [-0.1, -0.05) is 59.8 Å². The van der Waals surface area contributed by atoms with Crippen LogP contribution in [0.1, 0.15) is 104 Å². The second-order valence-electron chi connectivity index (χ2n) is 9.82. The number of fused-ring (bicyclic) bond motifs is 4. The van der Waals surface area contributed by atoms with Crippen molar-refractivity contribution in [3.63, 3.8) is 0 Å². The van der Waals surface area contributed by atoms with Crippen molar-refractivity contribution < 1.29 is 4.79 Å². The second kappa shape index (κ2) is 7.21. The summed E-state index contributed by atoms with van der Waals surface area (Å²) >= 11 is 0. The highest BCUT2D eigenvalue weighted by Crippen LogP contribution is 2.53. The van der Waals surface area contributed by atoms with Crippen molar-refractivity contribution in [1.29, 1.82) is 0 Å².